The van der Waals surface area contributed by atoms with Crippen molar-refractivity contribution in [1.82, 2.24) is 9.55 Å². The number of hydrogen-bond donors (Lipinski definition) is 1. The SMILES string of the molecule is COc1ccc(C2CC(=O)Nc3c2c(=O)nc(SC)n3C)c(OC)c1OC. The van der Waals surface area contributed by atoms with Crippen LogP contribution in [0.15, 0.2) is 22.1 Å². The Morgan fingerprint density at radius 3 is 2.44 bits per heavy atom. The van der Waals surface area contributed by atoms with Gasteiger partial charge in [0.2, 0.25) is 11.7 Å². The normalized spacial score (nSPS) is 15.7. The zero-order valence-corrected chi connectivity index (χ0v) is 16.6. The van der Waals surface area contributed by atoms with Gasteiger partial charge in [-0.25, -0.2) is 0 Å². The molecule has 144 valence electrons. The highest BCUT2D eigenvalue weighted by atomic mass is 32.2. The average Bonchev–Trinajstić information content (AvgIpc) is 2.68. The van der Waals surface area contributed by atoms with Crippen molar-refractivity contribution < 1.29 is 19.0 Å². The molecule has 1 N–H and O–H groups in total. The molecule has 3 rings (SSSR count). The number of ether oxygens (including phenoxy) is 3. The number of fused-ring (bicyclic) bond motifs is 1. The minimum Gasteiger partial charge on any atom is -0.493 e. The molecule has 0 bridgehead atoms. The molecule has 2 heterocycles. The molecule has 0 spiro atoms. The van der Waals surface area contributed by atoms with Crippen molar-refractivity contribution in [2.24, 2.45) is 7.05 Å². The molecule has 9 heteroatoms. The molecule has 1 aromatic carbocycles. The second-order valence-corrected chi connectivity index (χ2v) is 6.73. The van der Waals surface area contributed by atoms with Crippen LogP contribution in [-0.4, -0.2) is 43.0 Å². The summed E-state index contributed by atoms with van der Waals surface area (Å²) in [6.45, 7) is 0. The van der Waals surface area contributed by atoms with Gasteiger partial charge in [0.05, 0.1) is 26.9 Å². The third-order valence-electron chi connectivity index (χ3n) is 4.59. The first kappa shape index (κ1) is 19.1. The summed E-state index contributed by atoms with van der Waals surface area (Å²) in [5.41, 5.74) is 0.733. The molecule has 0 saturated carbocycles. The van der Waals surface area contributed by atoms with E-state index >= 15 is 0 Å². The first-order valence-corrected chi connectivity index (χ1v) is 9.42. The van der Waals surface area contributed by atoms with Crippen molar-refractivity contribution in [3.05, 3.63) is 33.6 Å². The number of amides is 1. The van der Waals surface area contributed by atoms with Gasteiger partial charge in [-0.05, 0) is 12.3 Å². The Morgan fingerprint density at radius 2 is 1.85 bits per heavy atom. The van der Waals surface area contributed by atoms with Crippen molar-refractivity contribution >= 4 is 23.5 Å². The summed E-state index contributed by atoms with van der Waals surface area (Å²) in [4.78, 5) is 29.3. The van der Waals surface area contributed by atoms with Gasteiger partial charge < -0.3 is 24.1 Å². The van der Waals surface area contributed by atoms with E-state index in [9.17, 15) is 9.59 Å². The maximum absolute atomic E-state index is 12.8. The van der Waals surface area contributed by atoms with Crippen molar-refractivity contribution in [3.63, 3.8) is 0 Å². The van der Waals surface area contributed by atoms with Gasteiger partial charge in [0.25, 0.3) is 5.56 Å². The summed E-state index contributed by atoms with van der Waals surface area (Å²) in [5.74, 6) is 1.11. The van der Waals surface area contributed by atoms with Gasteiger partial charge in [-0.3, -0.25) is 9.59 Å². The third kappa shape index (κ3) is 3.12. The van der Waals surface area contributed by atoms with Crippen LogP contribution in [0.3, 0.4) is 0 Å². The van der Waals surface area contributed by atoms with E-state index in [4.69, 9.17) is 14.2 Å². The van der Waals surface area contributed by atoms with E-state index in [1.165, 1.54) is 33.1 Å². The smallest absolute Gasteiger partial charge is 0.279 e. The first-order valence-electron chi connectivity index (χ1n) is 8.20. The molecular formula is C18H21N3O5S. The van der Waals surface area contributed by atoms with Crippen LogP contribution in [0, 0.1) is 0 Å². The van der Waals surface area contributed by atoms with Gasteiger partial charge in [-0.15, -0.1) is 0 Å². The largest absolute Gasteiger partial charge is 0.493 e. The lowest BCUT2D eigenvalue weighted by Crippen LogP contribution is -2.33. The molecule has 1 aliphatic heterocycles. The predicted molar refractivity (Wildman–Crippen MR) is 102 cm³/mol. The fourth-order valence-electron chi connectivity index (χ4n) is 3.38. The lowest BCUT2D eigenvalue weighted by Gasteiger charge is -2.28. The highest BCUT2D eigenvalue weighted by Crippen LogP contribution is 2.46. The zero-order valence-electron chi connectivity index (χ0n) is 15.8. The minimum atomic E-state index is -0.509. The Balaban J connectivity index is 2.28. The molecule has 0 aliphatic carbocycles. The monoisotopic (exact) mass is 391 g/mol. The Hall–Kier alpha value is -2.68. The molecule has 1 atom stereocenters. The van der Waals surface area contributed by atoms with Crippen molar-refractivity contribution in [3.8, 4) is 17.2 Å². The van der Waals surface area contributed by atoms with Crippen LogP contribution in [0.25, 0.3) is 0 Å². The van der Waals surface area contributed by atoms with Gasteiger partial charge in [-0.2, -0.15) is 4.98 Å². The number of anilines is 1. The van der Waals surface area contributed by atoms with Crippen molar-refractivity contribution in [2.75, 3.05) is 32.9 Å². The average molecular weight is 391 g/mol. The van der Waals surface area contributed by atoms with Crippen molar-refractivity contribution in [1.29, 1.82) is 0 Å². The van der Waals surface area contributed by atoms with Gasteiger partial charge >= 0.3 is 0 Å². The highest BCUT2D eigenvalue weighted by Gasteiger charge is 2.35. The highest BCUT2D eigenvalue weighted by molar-refractivity contribution is 7.98. The van der Waals surface area contributed by atoms with Crippen LogP contribution in [-0.2, 0) is 11.8 Å². The first-order chi connectivity index (χ1) is 13.0. The quantitative estimate of drug-likeness (QED) is 0.616. The molecule has 8 nitrogen and oxygen atoms in total. The van der Waals surface area contributed by atoms with Gasteiger partial charge in [0.1, 0.15) is 5.82 Å². The third-order valence-corrected chi connectivity index (χ3v) is 5.32. The number of rotatable bonds is 5. The number of hydrogen-bond acceptors (Lipinski definition) is 7. The van der Waals surface area contributed by atoms with Crippen LogP contribution < -0.4 is 25.1 Å². The number of carbonyl (C=O) groups excluding carboxylic acids is 1. The lowest BCUT2D eigenvalue weighted by atomic mass is 9.86. The summed E-state index contributed by atoms with van der Waals surface area (Å²) >= 11 is 1.34. The standard InChI is InChI=1S/C18H21N3O5S/c1-21-16-13(17(23)20-18(21)27-5)10(8-12(22)19-16)9-6-7-11(24-2)15(26-4)14(9)25-3/h6-7,10H,8H2,1-5H3,(H,19,22). The number of thioether (sulfide) groups is 1. The van der Waals surface area contributed by atoms with Gasteiger partial charge in [0, 0.05) is 24.9 Å². The Bertz CT molecular complexity index is 957. The summed E-state index contributed by atoms with van der Waals surface area (Å²) in [6, 6.07) is 3.52. The summed E-state index contributed by atoms with van der Waals surface area (Å²) in [6.07, 6.45) is 1.93. The van der Waals surface area contributed by atoms with E-state index in [0.29, 0.717) is 39.3 Å². The van der Waals surface area contributed by atoms with Gasteiger partial charge in [0.15, 0.2) is 16.7 Å². The summed E-state index contributed by atoms with van der Waals surface area (Å²) in [5, 5.41) is 3.33. The van der Waals surface area contributed by atoms with Crippen LogP contribution in [0.1, 0.15) is 23.5 Å². The number of nitrogens with one attached hydrogen (secondary N) is 1. The van der Waals surface area contributed by atoms with E-state index in [1.807, 2.05) is 6.26 Å². The van der Waals surface area contributed by atoms with Crippen molar-refractivity contribution in [2.45, 2.75) is 17.5 Å². The molecule has 0 saturated heterocycles. The Labute approximate surface area is 160 Å². The van der Waals surface area contributed by atoms with E-state index in [0.717, 1.165) is 0 Å². The minimum absolute atomic E-state index is 0.106. The fourth-order valence-corrected chi connectivity index (χ4v) is 3.92. The number of carbonyl (C=O) groups is 1. The maximum atomic E-state index is 12.8. The van der Waals surface area contributed by atoms with E-state index in [-0.39, 0.29) is 17.9 Å². The van der Waals surface area contributed by atoms with Crippen LogP contribution in [0.4, 0.5) is 5.82 Å². The molecule has 2 aromatic rings. The summed E-state index contributed by atoms with van der Waals surface area (Å²) < 4.78 is 18.0. The van der Waals surface area contributed by atoms with Crippen LogP contribution in [0.5, 0.6) is 17.2 Å². The lowest BCUT2D eigenvalue weighted by molar-refractivity contribution is -0.116. The number of nitrogens with zero attached hydrogens (tertiary/aromatic N) is 2. The number of methoxy groups -OCH3 is 3. The van der Waals surface area contributed by atoms with E-state index in [2.05, 4.69) is 10.3 Å². The predicted octanol–water partition coefficient (Wildman–Crippen LogP) is 2.00. The molecule has 1 aliphatic rings. The van der Waals surface area contributed by atoms with E-state index < -0.39 is 5.92 Å². The van der Waals surface area contributed by atoms with Crippen LogP contribution >= 0.6 is 11.8 Å². The summed E-state index contributed by atoms with van der Waals surface area (Å²) in [7, 11) is 6.32. The maximum Gasteiger partial charge on any atom is 0.279 e. The molecule has 0 radical (unpaired) electrons. The molecule has 1 amide bonds. The Morgan fingerprint density at radius 1 is 1.15 bits per heavy atom. The zero-order chi connectivity index (χ0) is 19.7. The second-order valence-electron chi connectivity index (χ2n) is 5.95. The molecule has 27 heavy (non-hydrogen) atoms. The number of aromatic nitrogens is 2. The molecule has 0 fully saturated rings. The topological polar surface area (TPSA) is 91.7 Å². The Kier molecular flexibility index (Phi) is 5.31. The van der Waals surface area contributed by atoms with Crippen LogP contribution in [0.2, 0.25) is 0 Å². The second kappa shape index (κ2) is 7.51. The molecule has 1 unspecified atom stereocenters. The van der Waals surface area contributed by atoms with E-state index in [1.54, 1.807) is 23.7 Å². The molecule has 1 aromatic heterocycles. The number of benzene rings is 1. The molecular weight excluding hydrogens is 370 g/mol. The fraction of sp³-hybridized carbons (Fsp3) is 0.389. The van der Waals surface area contributed by atoms with Gasteiger partial charge in [-0.1, -0.05) is 17.8 Å².